The summed E-state index contributed by atoms with van der Waals surface area (Å²) in [5.74, 6) is 0. The maximum absolute atomic E-state index is 11.4. The predicted octanol–water partition coefficient (Wildman–Crippen LogP) is 2.76. The smallest absolute Gasteiger partial charge is 0.253 e. The largest absolute Gasteiger partial charge is 0.313 e. The topological polar surface area (TPSA) is 22.0 Å². The van der Waals surface area contributed by atoms with E-state index in [0.29, 0.717) is 0 Å². The first-order chi connectivity index (χ1) is 6.13. The molecule has 0 atom stereocenters. The van der Waals surface area contributed by atoms with Crippen molar-refractivity contribution in [3.05, 3.63) is 34.2 Å². The van der Waals surface area contributed by atoms with Gasteiger partial charge in [-0.15, -0.1) is 0 Å². The molecule has 1 heterocycles. The fraction of sp³-hybridized carbons (Fsp3) is 0.545. The number of pyridine rings is 1. The highest BCUT2D eigenvalue weighted by atomic mass is 16.1. The molecule has 13 heavy (non-hydrogen) atoms. The van der Waals surface area contributed by atoms with Gasteiger partial charge in [0, 0.05) is 17.8 Å². The summed E-state index contributed by atoms with van der Waals surface area (Å²) in [4.78, 5) is 11.4. The van der Waals surface area contributed by atoms with Gasteiger partial charge in [-0.25, -0.2) is 0 Å². The molecule has 0 unspecified atom stereocenters. The van der Waals surface area contributed by atoms with Crippen LogP contribution in [0.1, 0.15) is 39.3 Å². The minimum absolute atomic E-state index is 0.113. The average Bonchev–Trinajstić information content (AvgIpc) is 2.13. The summed E-state index contributed by atoms with van der Waals surface area (Å²) in [6, 6.07) is 3.99. The van der Waals surface area contributed by atoms with Crippen molar-refractivity contribution in [3.63, 3.8) is 0 Å². The number of hydrogen-bond donors (Lipinski definition) is 0. The van der Waals surface area contributed by atoms with Gasteiger partial charge in [-0.2, -0.15) is 0 Å². The third kappa shape index (κ3) is 3.05. The van der Waals surface area contributed by atoms with Crippen LogP contribution in [0.3, 0.4) is 0 Å². The minimum atomic E-state index is 0.113. The highest BCUT2D eigenvalue weighted by Gasteiger charge is 2.00. The maximum atomic E-state index is 11.4. The van der Waals surface area contributed by atoms with E-state index in [0.717, 1.165) is 5.56 Å². The lowest BCUT2D eigenvalue weighted by molar-refractivity contribution is 0.575. The summed E-state index contributed by atoms with van der Waals surface area (Å²) in [6.45, 7) is 9.84. The van der Waals surface area contributed by atoms with Crippen LogP contribution in [0.2, 0.25) is 0 Å². The lowest BCUT2D eigenvalue weighted by Crippen LogP contribution is -2.22. The van der Waals surface area contributed by atoms with E-state index in [1.807, 2.05) is 52.9 Å². The van der Waals surface area contributed by atoms with Gasteiger partial charge in [0.1, 0.15) is 0 Å². The quantitative estimate of drug-likeness (QED) is 0.653. The molecule has 0 aliphatic carbocycles. The van der Waals surface area contributed by atoms with Crippen LogP contribution in [-0.2, 0) is 0 Å². The van der Waals surface area contributed by atoms with Gasteiger partial charge in [0.25, 0.3) is 5.56 Å². The van der Waals surface area contributed by atoms with Gasteiger partial charge < -0.3 is 4.57 Å². The fourth-order valence-corrected chi connectivity index (χ4v) is 1.03. The standard InChI is InChI=1S/C9H13NO.C2H6/c1-7(2)10-6-4-5-8(3)9(10)11;1-2/h4-7H,1-3H3;1-2H3. The maximum Gasteiger partial charge on any atom is 0.253 e. The molecule has 2 nitrogen and oxygen atoms in total. The van der Waals surface area contributed by atoms with Crippen molar-refractivity contribution in [2.45, 2.75) is 40.7 Å². The van der Waals surface area contributed by atoms with Gasteiger partial charge in [-0.1, -0.05) is 19.9 Å². The summed E-state index contributed by atoms with van der Waals surface area (Å²) >= 11 is 0. The van der Waals surface area contributed by atoms with E-state index in [-0.39, 0.29) is 11.6 Å². The van der Waals surface area contributed by atoms with Crippen molar-refractivity contribution in [1.29, 1.82) is 0 Å². The van der Waals surface area contributed by atoms with Crippen LogP contribution in [0.4, 0.5) is 0 Å². The summed E-state index contributed by atoms with van der Waals surface area (Å²) < 4.78 is 1.73. The lowest BCUT2D eigenvalue weighted by Gasteiger charge is -2.08. The highest BCUT2D eigenvalue weighted by molar-refractivity contribution is 5.07. The van der Waals surface area contributed by atoms with E-state index in [1.54, 1.807) is 4.57 Å². The van der Waals surface area contributed by atoms with Gasteiger partial charge in [-0.05, 0) is 26.8 Å². The number of aryl methyl sites for hydroxylation is 1. The molecular formula is C11H19NO. The van der Waals surface area contributed by atoms with Crippen molar-refractivity contribution in [1.82, 2.24) is 4.57 Å². The molecule has 0 amide bonds. The lowest BCUT2D eigenvalue weighted by atomic mass is 10.3. The Morgan fingerprint density at radius 2 is 1.85 bits per heavy atom. The summed E-state index contributed by atoms with van der Waals surface area (Å²) in [5, 5.41) is 0. The van der Waals surface area contributed by atoms with Crippen LogP contribution >= 0.6 is 0 Å². The van der Waals surface area contributed by atoms with Crippen LogP contribution in [0.15, 0.2) is 23.1 Å². The molecule has 74 valence electrons. The van der Waals surface area contributed by atoms with E-state index >= 15 is 0 Å². The van der Waals surface area contributed by atoms with E-state index < -0.39 is 0 Å². The van der Waals surface area contributed by atoms with Crippen molar-refractivity contribution in [2.24, 2.45) is 0 Å². The third-order valence-electron chi connectivity index (χ3n) is 1.72. The molecule has 1 aromatic rings. The van der Waals surface area contributed by atoms with Crippen molar-refractivity contribution in [2.75, 3.05) is 0 Å². The molecule has 0 spiro atoms. The second-order valence-corrected chi connectivity index (χ2v) is 3.00. The molecule has 0 aliphatic heterocycles. The van der Waals surface area contributed by atoms with Crippen LogP contribution in [-0.4, -0.2) is 4.57 Å². The Morgan fingerprint density at radius 1 is 1.31 bits per heavy atom. The zero-order valence-electron chi connectivity index (χ0n) is 9.16. The number of rotatable bonds is 1. The summed E-state index contributed by atoms with van der Waals surface area (Å²) in [7, 11) is 0. The first kappa shape index (κ1) is 11.9. The molecule has 0 saturated carbocycles. The SMILES string of the molecule is CC.Cc1cccn(C(C)C)c1=O. The number of aromatic nitrogens is 1. The van der Waals surface area contributed by atoms with Gasteiger partial charge in [-0.3, -0.25) is 4.79 Å². The third-order valence-corrected chi connectivity index (χ3v) is 1.72. The van der Waals surface area contributed by atoms with Crippen LogP contribution < -0.4 is 5.56 Å². The zero-order chi connectivity index (χ0) is 10.4. The first-order valence-corrected chi connectivity index (χ1v) is 4.80. The van der Waals surface area contributed by atoms with E-state index in [1.165, 1.54) is 0 Å². The summed E-state index contributed by atoms with van der Waals surface area (Å²) in [6.07, 6.45) is 1.82. The van der Waals surface area contributed by atoms with Crippen LogP contribution in [0.5, 0.6) is 0 Å². The predicted molar refractivity (Wildman–Crippen MR) is 57.2 cm³/mol. The molecule has 2 heteroatoms. The van der Waals surface area contributed by atoms with Crippen molar-refractivity contribution in [3.8, 4) is 0 Å². The molecule has 0 saturated heterocycles. The molecule has 0 aromatic carbocycles. The highest BCUT2D eigenvalue weighted by Crippen LogP contribution is 1.99. The second-order valence-electron chi connectivity index (χ2n) is 3.00. The molecule has 1 aromatic heterocycles. The first-order valence-electron chi connectivity index (χ1n) is 4.80. The average molecular weight is 181 g/mol. The fourth-order valence-electron chi connectivity index (χ4n) is 1.03. The molecule has 0 bridgehead atoms. The Kier molecular flexibility index (Phi) is 5.12. The normalized spacial score (nSPS) is 9.38. The van der Waals surface area contributed by atoms with E-state index in [2.05, 4.69) is 0 Å². The Labute approximate surface area is 80.2 Å². The molecule has 0 N–H and O–H groups in total. The zero-order valence-corrected chi connectivity index (χ0v) is 9.16. The van der Waals surface area contributed by atoms with Crippen molar-refractivity contribution >= 4 is 0 Å². The Hall–Kier alpha value is -1.05. The second kappa shape index (κ2) is 5.57. The molecular weight excluding hydrogens is 162 g/mol. The monoisotopic (exact) mass is 181 g/mol. The molecule has 1 rings (SSSR count). The summed E-state index contributed by atoms with van der Waals surface area (Å²) in [5.41, 5.74) is 0.920. The Balaban J connectivity index is 0.000000671. The Bertz CT molecular complexity index is 299. The van der Waals surface area contributed by atoms with E-state index in [9.17, 15) is 4.79 Å². The molecule has 0 aliphatic rings. The van der Waals surface area contributed by atoms with Crippen LogP contribution in [0, 0.1) is 6.92 Å². The number of nitrogens with zero attached hydrogens (tertiary/aromatic N) is 1. The van der Waals surface area contributed by atoms with Gasteiger partial charge >= 0.3 is 0 Å². The van der Waals surface area contributed by atoms with Gasteiger partial charge in [0.05, 0.1) is 0 Å². The van der Waals surface area contributed by atoms with Crippen molar-refractivity contribution < 1.29 is 0 Å². The molecule has 0 radical (unpaired) electrons. The van der Waals surface area contributed by atoms with Gasteiger partial charge in [0.15, 0.2) is 0 Å². The Morgan fingerprint density at radius 3 is 2.23 bits per heavy atom. The van der Waals surface area contributed by atoms with Crippen LogP contribution in [0.25, 0.3) is 0 Å². The van der Waals surface area contributed by atoms with E-state index in [4.69, 9.17) is 0 Å². The minimum Gasteiger partial charge on any atom is -0.313 e. The molecule has 0 fully saturated rings. The number of hydrogen-bond acceptors (Lipinski definition) is 1. The van der Waals surface area contributed by atoms with Gasteiger partial charge in [0.2, 0.25) is 0 Å².